The predicted molar refractivity (Wildman–Crippen MR) is 89.7 cm³/mol. The summed E-state index contributed by atoms with van der Waals surface area (Å²) in [7, 11) is 0. The molecule has 2 aliphatic rings. The minimum Gasteiger partial charge on any atom is -0.0996 e. The smallest absolute Gasteiger partial charge is 0.0149 e. The highest BCUT2D eigenvalue weighted by Crippen LogP contribution is 2.59. The van der Waals surface area contributed by atoms with Crippen LogP contribution in [0.2, 0.25) is 0 Å². The Morgan fingerprint density at radius 3 is 2.50 bits per heavy atom. The van der Waals surface area contributed by atoms with Crippen molar-refractivity contribution >= 4 is 0 Å². The fourth-order valence-corrected chi connectivity index (χ4v) is 5.16. The maximum Gasteiger partial charge on any atom is -0.0149 e. The van der Waals surface area contributed by atoms with Crippen molar-refractivity contribution in [2.75, 3.05) is 0 Å². The lowest BCUT2D eigenvalue weighted by Gasteiger charge is -2.44. The molecule has 0 saturated heterocycles. The minimum absolute atomic E-state index is 0.579. The molecule has 5 atom stereocenters. The summed E-state index contributed by atoms with van der Waals surface area (Å²) in [5.74, 6) is 4.40. The molecule has 2 fully saturated rings. The average Bonchev–Trinajstić information content (AvgIpc) is 2.74. The fraction of sp³-hybridized carbons (Fsp3) is 0.900. The van der Waals surface area contributed by atoms with E-state index in [0.29, 0.717) is 5.41 Å². The third-order valence-corrected chi connectivity index (χ3v) is 7.02. The number of hydrogen-bond donors (Lipinski definition) is 0. The molecule has 0 bridgehead atoms. The van der Waals surface area contributed by atoms with E-state index in [9.17, 15) is 0 Å². The Morgan fingerprint density at radius 1 is 1.15 bits per heavy atom. The van der Waals surface area contributed by atoms with Crippen molar-refractivity contribution in [1.29, 1.82) is 0 Å². The number of rotatable bonds is 5. The van der Waals surface area contributed by atoms with E-state index < -0.39 is 0 Å². The number of hydrogen-bond acceptors (Lipinski definition) is 0. The molecule has 0 N–H and O–H groups in total. The molecule has 0 aromatic rings. The van der Waals surface area contributed by atoms with Gasteiger partial charge in [-0.3, -0.25) is 0 Å². The van der Waals surface area contributed by atoms with Gasteiger partial charge in [0.05, 0.1) is 0 Å². The molecular weight excluding hydrogens is 240 g/mol. The van der Waals surface area contributed by atoms with E-state index in [-0.39, 0.29) is 0 Å². The van der Waals surface area contributed by atoms with Gasteiger partial charge in [-0.05, 0) is 67.1 Å². The molecule has 0 nitrogen and oxygen atoms in total. The summed E-state index contributed by atoms with van der Waals surface area (Å²) in [5, 5.41) is 0. The van der Waals surface area contributed by atoms with Gasteiger partial charge in [0, 0.05) is 0 Å². The van der Waals surface area contributed by atoms with E-state index in [1.807, 2.05) is 0 Å². The quantitative estimate of drug-likeness (QED) is 0.505. The van der Waals surface area contributed by atoms with Crippen LogP contribution in [0.5, 0.6) is 0 Å². The van der Waals surface area contributed by atoms with Gasteiger partial charge in [0.2, 0.25) is 0 Å². The first-order chi connectivity index (χ1) is 9.36. The first kappa shape index (κ1) is 16.1. The maximum absolute atomic E-state index is 4.39. The molecule has 0 radical (unpaired) electrons. The molecule has 2 aliphatic carbocycles. The lowest BCUT2D eigenvalue weighted by atomic mass is 9.61. The largest absolute Gasteiger partial charge is 0.0996 e. The summed E-state index contributed by atoms with van der Waals surface area (Å²) in [5.41, 5.74) is 2.15. The van der Waals surface area contributed by atoms with Crippen molar-refractivity contribution in [1.82, 2.24) is 0 Å². The van der Waals surface area contributed by atoms with Gasteiger partial charge in [0.1, 0.15) is 0 Å². The van der Waals surface area contributed by atoms with E-state index in [1.165, 1.54) is 44.9 Å². The Labute approximate surface area is 127 Å². The second-order valence-corrected chi connectivity index (χ2v) is 8.53. The standard InChI is InChI=1S/C20H36/c1-14(2)15(3)9-10-17(5)19-12-11-18-16(4)8-7-13-20(18,19)6/h14-15,17-19H,4,7-13H2,1-3,5-6H3/t15-,17+,18?,19+,20-/m0/s1. The molecule has 0 aromatic heterocycles. The van der Waals surface area contributed by atoms with Gasteiger partial charge < -0.3 is 0 Å². The van der Waals surface area contributed by atoms with Crippen molar-refractivity contribution in [2.45, 2.75) is 79.6 Å². The molecule has 2 rings (SSSR count). The molecule has 20 heavy (non-hydrogen) atoms. The molecular formula is C20H36. The molecule has 0 aliphatic heterocycles. The van der Waals surface area contributed by atoms with Crippen LogP contribution in [0.1, 0.15) is 79.6 Å². The third-order valence-electron chi connectivity index (χ3n) is 7.02. The average molecular weight is 277 g/mol. The lowest BCUT2D eigenvalue weighted by molar-refractivity contribution is 0.0910. The highest BCUT2D eigenvalue weighted by Gasteiger charge is 2.50. The first-order valence-corrected chi connectivity index (χ1v) is 9.04. The Hall–Kier alpha value is -0.260. The van der Waals surface area contributed by atoms with E-state index in [0.717, 1.165) is 29.6 Å². The topological polar surface area (TPSA) is 0 Å². The van der Waals surface area contributed by atoms with Crippen molar-refractivity contribution in [3.05, 3.63) is 12.2 Å². The van der Waals surface area contributed by atoms with Crippen molar-refractivity contribution in [2.24, 2.45) is 35.0 Å². The van der Waals surface area contributed by atoms with Crippen LogP contribution in [0, 0.1) is 35.0 Å². The zero-order chi connectivity index (χ0) is 14.9. The summed E-state index contributed by atoms with van der Waals surface area (Å²) < 4.78 is 0. The summed E-state index contributed by atoms with van der Waals surface area (Å²) in [6.45, 7) is 16.7. The van der Waals surface area contributed by atoms with Crippen molar-refractivity contribution in [3.8, 4) is 0 Å². The molecule has 2 saturated carbocycles. The zero-order valence-electron chi connectivity index (χ0n) is 14.5. The summed E-state index contributed by atoms with van der Waals surface area (Å²) in [6, 6.07) is 0. The predicted octanol–water partition coefficient (Wildman–Crippen LogP) is 6.47. The normalized spacial score (nSPS) is 37.0. The first-order valence-electron chi connectivity index (χ1n) is 9.04. The van der Waals surface area contributed by atoms with E-state index in [2.05, 4.69) is 41.2 Å². The molecule has 0 amide bonds. The molecule has 116 valence electrons. The van der Waals surface area contributed by atoms with Crippen LogP contribution in [-0.2, 0) is 0 Å². The van der Waals surface area contributed by atoms with Crippen LogP contribution < -0.4 is 0 Å². The van der Waals surface area contributed by atoms with Crippen molar-refractivity contribution in [3.63, 3.8) is 0 Å². The molecule has 1 unspecified atom stereocenters. The van der Waals surface area contributed by atoms with Crippen molar-refractivity contribution < 1.29 is 0 Å². The molecule has 0 spiro atoms. The van der Waals surface area contributed by atoms with Crippen LogP contribution >= 0.6 is 0 Å². The lowest BCUT2D eigenvalue weighted by Crippen LogP contribution is -2.35. The molecule has 0 heterocycles. The fourth-order valence-electron chi connectivity index (χ4n) is 5.16. The van der Waals surface area contributed by atoms with Gasteiger partial charge in [0.15, 0.2) is 0 Å². The van der Waals surface area contributed by atoms with Crippen LogP contribution in [0.3, 0.4) is 0 Å². The summed E-state index contributed by atoms with van der Waals surface area (Å²) in [4.78, 5) is 0. The SMILES string of the molecule is C=C1CCC[C@@]2(C)C1CC[C@@H]2[C@H](C)CC[C@H](C)C(C)C. The Bertz CT molecular complexity index is 340. The van der Waals surface area contributed by atoms with Crippen LogP contribution in [0.4, 0.5) is 0 Å². The van der Waals surface area contributed by atoms with Gasteiger partial charge >= 0.3 is 0 Å². The molecule has 0 heteroatoms. The maximum atomic E-state index is 4.39. The van der Waals surface area contributed by atoms with E-state index >= 15 is 0 Å². The van der Waals surface area contributed by atoms with Gasteiger partial charge in [-0.15, -0.1) is 0 Å². The van der Waals surface area contributed by atoms with Crippen LogP contribution in [0.15, 0.2) is 12.2 Å². The van der Waals surface area contributed by atoms with Crippen LogP contribution in [0.25, 0.3) is 0 Å². The highest BCUT2D eigenvalue weighted by atomic mass is 14.5. The van der Waals surface area contributed by atoms with Gasteiger partial charge in [-0.2, -0.15) is 0 Å². The zero-order valence-corrected chi connectivity index (χ0v) is 14.5. The third kappa shape index (κ3) is 3.00. The van der Waals surface area contributed by atoms with E-state index in [1.54, 1.807) is 5.57 Å². The Morgan fingerprint density at radius 2 is 1.85 bits per heavy atom. The van der Waals surface area contributed by atoms with E-state index in [4.69, 9.17) is 0 Å². The second-order valence-electron chi connectivity index (χ2n) is 8.53. The minimum atomic E-state index is 0.579. The monoisotopic (exact) mass is 276 g/mol. The van der Waals surface area contributed by atoms with Gasteiger partial charge in [-0.1, -0.05) is 59.6 Å². The highest BCUT2D eigenvalue weighted by molar-refractivity contribution is 5.15. The Kier molecular flexibility index (Phi) is 5.03. The Balaban J connectivity index is 1.97. The van der Waals surface area contributed by atoms with Gasteiger partial charge in [-0.25, -0.2) is 0 Å². The van der Waals surface area contributed by atoms with Gasteiger partial charge in [0.25, 0.3) is 0 Å². The number of allylic oxidation sites excluding steroid dienone is 1. The summed E-state index contributed by atoms with van der Waals surface area (Å²) in [6.07, 6.45) is 9.85. The molecule has 0 aromatic carbocycles. The van der Waals surface area contributed by atoms with Crippen LogP contribution in [-0.4, -0.2) is 0 Å². The summed E-state index contributed by atoms with van der Waals surface area (Å²) >= 11 is 0. The number of fused-ring (bicyclic) bond motifs is 1. The second kappa shape index (κ2) is 6.24.